The van der Waals surface area contributed by atoms with Crippen molar-refractivity contribution in [3.05, 3.63) is 34.4 Å². The van der Waals surface area contributed by atoms with Crippen LogP contribution in [0, 0.1) is 20.8 Å². The molecule has 1 N–H and O–H groups in total. The average Bonchev–Trinajstić information content (AvgIpc) is 2.42. The van der Waals surface area contributed by atoms with Crippen LogP contribution in [0.2, 0.25) is 0 Å². The molecule has 21 heavy (non-hydrogen) atoms. The molecular formula is C17H22F2O2. The monoisotopic (exact) mass is 296 g/mol. The van der Waals surface area contributed by atoms with E-state index in [9.17, 15) is 13.9 Å². The first-order chi connectivity index (χ1) is 9.75. The van der Waals surface area contributed by atoms with Crippen molar-refractivity contribution in [2.45, 2.75) is 59.0 Å². The smallest absolute Gasteiger partial charge is 0.266 e. The zero-order valence-corrected chi connectivity index (χ0v) is 13.0. The zero-order valence-electron chi connectivity index (χ0n) is 13.0. The van der Waals surface area contributed by atoms with Gasteiger partial charge in [-0.25, -0.2) is 0 Å². The normalized spacial score (nSPS) is 20.7. The lowest BCUT2D eigenvalue weighted by atomic mass is 9.85. The van der Waals surface area contributed by atoms with Gasteiger partial charge in [-0.3, -0.25) is 0 Å². The number of rotatable bonds is 3. The molecule has 1 heterocycles. The molecule has 1 aromatic rings. The first-order valence-electron chi connectivity index (χ1n) is 7.27. The van der Waals surface area contributed by atoms with Gasteiger partial charge < -0.3 is 9.84 Å². The fourth-order valence-corrected chi connectivity index (χ4v) is 2.96. The van der Waals surface area contributed by atoms with Crippen LogP contribution in [-0.2, 0) is 6.42 Å². The Bertz CT molecular complexity index is 589. The number of benzene rings is 1. The van der Waals surface area contributed by atoms with Crippen LogP contribution < -0.4 is 4.74 Å². The topological polar surface area (TPSA) is 29.5 Å². The summed E-state index contributed by atoms with van der Waals surface area (Å²) >= 11 is 0. The van der Waals surface area contributed by atoms with Crippen LogP contribution >= 0.6 is 0 Å². The summed E-state index contributed by atoms with van der Waals surface area (Å²) in [5, 5.41) is 10.1. The highest BCUT2D eigenvalue weighted by Crippen LogP contribution is 2.44. The number of phenols is 1. The minimum Gasteiger partial charge on any atom is -0.507 e. The van der Waals surface area contributed by atoms with Gasteiger partial charge in [-0.05, 0) is 76.1 Å². The number of fused-ring (bicyclic) bond motifs is 1. The molecule has 1 atom stereocenters. The Balaban J connectivity index is 2.30. The largest absolute Gasteiger partial charge is 0.507 e. The second-order valence-corrected chi connectivity index (χ2v) is 6.12. The summed E-state index contributed by atoms with van der Waals surface area (Å²) in [6.45, 7) is 7.67. The minimum atomic E-state index is -1.64. The molecule has 0 saturated heterocycles. The molecule has 4 heteroatoms. The highest BCUT2D eigenvalue weighted by molar-refractivity contribution is 5.58. The number of phenolic OH excluding ortho intramolecular Hbond substituents is 1. The fourth-order valence-electron chi connectivity index (χ4n) is 2.96. The first-order valence-corrected chi connectivity index (χ1v) is 7.27. The Labute approximate surface area is 124 Å². The Hall–Kier alpha value is -1.58. The number of hydrogen-bond donors (Lipinski definition) is 1. The predicted octanol–water partition coefficient (Wildman–Crippen LogP) is 4.96. The lowest BCUT2D eigenvalue weighted by Crippen LogP contribution is -2.36. The van der Waals surface area contributed by atoms with Crippen LogP contribution in [0.5, 0.6) is 11.5 Å². The highest BCUT2D eigenvalue weighted by atomic mass is 19.3. The Kier molecular flexibility index (Phi) is 4.26. The summed E-state index contributed by atoms with van der Waals surface area (Å²) in [6.07, 6.45) is 1.75. The van der Waals surface area contributed by atoms with Crippen molar-refractivity contribution in [1.29, 1.82) is 0 Å². The number of aromatic hydroxyl groups is 1. The number of allylic oxidation sites excluding steroid dienone is 1. The van der Waals surface area contributed by atoms with Crippen molar-refractivity contribution in [2.24, 2.45) is 0 Å². The number of ether oxygens (including phenoxy) is 1. The maximum absolute atomic E-state index is 12.2. The molecule has 1 aliphatic rings. The third-order valence-electron chi connectivity index (χ3n) is 4.56. The van der Waals surface area contributed by atoms with E-state index in [0.29, 0.717) is 18.6 Å². The molecule has 1 aliphatic heterocycles. The highest BCUT2D eigenvalue weighted by Gasteiger charge is 2.33. The van der Waals surface area contributed by atoms with E-state index in [-0.39, 0.29) is 0 Å². The lowest BCUT2D eigenvalue weighted by molar-refractivity contribution is 0.0557. The van der Waals surface area contributed by atoms with Gasteiger partial charge >= 0.3 is 0 Å². The molecule has 0 aromatic heterocycles. The Morgan fingerprint density at radius 1 is 1.24 bits per heavy atom. The van der Waals surface area contributed by atoms with Gasteiger partial charge in [-0.2, -0.15) is 8.78 Å². The first kappa shape index (κ1) is 15.8. The maximum Gasteiger partial charge on any atom is 0.266 e. The maximum atomic E-state index is 12.2. The third-order valence-corrected chi connectivity index (χ3v) is 4.56. The lowest BCUT2D eigenvalue weighted by Gasteiger charge is -2.38. The zero-order chi connectivity index (χ0) is 15.8. The van der Waals surface area contributed by atoms with Crippen molar-refractivity contribution >= 4 is 0 Å². The second-order valence-electron chi connectivity index (χ2n) is 6.12. The van der Waals surface area contributed by atoms with Crippen LogP contribution in [0.15, 0.2) is 12.2 Å². The van der Waals surface area contributed by atoms with E-state index in [1.807, 2.05) is 27.7 Å². The van der Waals surface area contributed by atoms with Gasteiger partial charge in [-0.15, -0.1) is 0 Å². The van der Waals surface area contributed by atoms with Crippen molar-refractivity contribution in [2.75, 3.05) is 0 Å². The molecular weight excluding hydrogens is 274 g/mol. The predicted molar refractivity (Wildman–Crippen MR) is 79.2 cm³/mol. The van der Waals surface area contributed by atoms with Crippen LogP contribution in [0.25, 0.3) is 0 Å². The molecule has 0 aliphatic carbocycles. The van der Waals surface area contributed by atoms with Gasteiger partial charge in [0.1, 0.15) is 17.1 Å². The molecule has 0 saturated carbocycles. The summed E-state index contributed by atoms with van der Waals surface area (Å²) in [7, 11) is 0. The summed E-state index contributed by atoms with van der Waals surface area (Å²) in [5.41, 5.74) is 3.24. The molecule has 0 fully saturated rings. The summed E-state index contributed by atoms with van der Waals surface area (Å²) < 4.78 is 30.5. The molecule has 0 bridgehead atoms. The quantitative estimate of drug-likeness (QED) is 0.854. The third kappa shape index (κ3) is 3.04. The Morgan fingerprint density at radius 3 is 2.52 bits per heavy atom. The molecule has 0 amide bonds. The van der Waals surface area contributed by atoms with E-state index in [0.717, 1.165) is 46.9 Å². The molecule has 0 spiro atoms. The van der Waals surface area contributed by atoms with Gasteiger partial charge in [0.15, 0.2) is 0 Å². The van der Waals surface area contributed by atoms with Crippen LogP contribution in [0.4, 0.5) is 8.78 Å². The summed E-state index contributed by atoms with van der Waals surface area (Å²) in [5.74, 6) is 1.15. The number of hydrogen-bond acceptors (Lipinski definition) is 2. The van der Waals surface area contributed by atoms with Crippen molar-refractivity contribution in [3.8, 4) is 11.5 Å². The summed E-state index contributed by atoms with van der Waals surface area (Å²) in [6, 6.07) is 0. The van der Waals surface area contributed by atoms with Crippen LogP contribution in [0.3, 0.4) is 0 Å². The summed E-state index contributed by atoms with van der Waals surface area (Å²) in [4.78, 5) is 0. The van der Waals surface area contributed by atoms with Gasteiger partial charge in [0.25, 0.3) is 6.08 Å². The van der Waals surface area contributed by atoms with Gasteiger partial charge in [0.05, 0.1) is 0 Å². The number of halogens is 2. The second kappa shape index (κ2) is 5.66. The standard InChI is InChI=1S/C17H22F2O2/c1-10-11(2)16-13(12(3)15(10)20)7-9-17(4,21-16)8-5-6-14(18)19/h6,20H,5,7-9H2,1-4H3/t17-/m1/s1. The molecule has 0 radical (unpaired) electrons. The van der Waals surface area contributed by atoms with E-state index in [1.54, 1.807) is 0 Å². The fraction of sp³-hybridized carbons (Fsp3) is 0.529. The van der Waals surface area contributed by atoms with Crippen molar-refractivity contribution in [3.63, 3.8) is 0 Å². The molecule has 2 rings (SSSR count). The van der Waals surface area contributed by atoms with Crippen LogP contribution in [0.1, 0.15) is 48.4 Å². The Morgan fingerprint density at radius 2 is 1.90 bits per heavy atom. The minimum absolute atomic E-state index is 0.309. The molecule has 116 valence electrons. The van der Waals surface area contributed by atoms with E-state index in [2.05, 4.69) is 0 Å². The van der Waals surface area contributed by atoms with Crippen molar-refractivity contribution in [1.82, 2.24) is 0 Å². The molecule has 0 unspecified atom stereocenters. The molecule has 2 nitrogen and oxygen atoms in total. The van der Waals surface area contributed by atoms with E-state index < -0.39 is 11.7 Å². The van der Waals surface area contributed by atoms with Crippen molar-refractivity contribution < 1.29 is 18.6 Å². The van der Waals surface area contributed by atoms with E-state index >= 15 is 0 Å². The van der Waals surface area contributed by atoms with Gasteiger partial charge in [-0.1, -0.05) is 0 Å². The van der Waals surface area contributed by atoms with Crippen LogP contribution in [-0.4, -0.2) is 10.7 Å². The van der Waals surface area contributed by atoms with E-state index in [1.165, 1.54) is 0 Å². The van der Waals surface area contributed by atoms with Gasteiger partial charge in [0.2, 0.25) is 0 Å². The SMILES string of the molecule is Cc1c(C)c2c(c(C)c1O)CC[C@@](C)(CCC=C(F)F)O2. The van der Waals surface area contributed by atoms with Gasteiger partial charge in [0, 0.05) is 5.56 Å². The average molecular weight is 296 g/mol. The van der Waals surface area contributed by atoms with E-state index in [4.69, 9.17) is 4.74 Å². The molecule has 1 aromatic carbocycles.